The van der Waals surface area contributed by atoms with Crippen LogP contribution in [0.15, 0.2) is 12.7 Å². The van der Waals surface area contributed by atoms with Crippen LogP contribution in [0.5, 0.6) is 0 Å². The van der Waals surface area contributed by atoms with Crippen molar-refractivity contribution < 1.29 is 24.0 Å². The van der Waals surface area contributed by atoms with Gasteiger partial charge in [-0.05, 0) is 0 Å². The second-order valence-corrected chi connectivity index (χ2v) is 1.47. The Morgan fingerprint density at radius 2 is 2.40 bits per heavy atom. The molecular formula is C4H8O5Si. The van der Waals surface area contributed by atoms with Gasteiger partial charge in [-0.1, -0.05) is 11.6 Å². The molecule has 0 spiro atoms. The minimum atomic E-state index is -0.572. The topological polar surface area (TPSA) is 54.0 Å². The molecule has 0 bridgehead atoms. The standard InChI is InChI=1S/C4H8O5Si/c1-2-4(5)6-3-7-8-9-10/h2H,1,3H2,10H3. The number of carbonyl (C=O) groups excluding carboxylic acids is 1. The van der Waals surface area contributed by atoms with E-state index in [0.29, 0.717) is 10.5 Å². The predicted octanol–water partition coefficient (Wildman–Crippen LogP) is -1.17. The zero-order chi connectivity index (χ0) is 7.82. The predicted molar refractivity (Wildman–Crippen MR) is 34.4 cm³/mol. The van der Waals surface area contributed by atoms with Gasteiger partial charge in [0.25, 0.3) is 0 Å². The summed E-state index contributed by atoms with van der Waals surface area (Å²) in [6.07, 6.45) is 1.02. The summed E-state index contributed by atoms with van der Waals surface area (Å²) < 4.78 is 8.48. The number of carbonyl (C=O) groups is 1. The molecule has 0 atom stereocenters. The van der Waals surface area contributed by atoms with E-state index in [0.717, 1.165) is 6.08 Å². The van der Waals surface area contributed by atoms with Gasteiger partial charge in [-0.2, -0.15) is 4.89 Å². The first-order valence-electron chi connectivity index (χ1n) is 2.42. The third-order valence-electron chi connectivity index (χ3n) is 0.532. The van der Waals surface area contributed by atoms with E-state index < -0.39 is 5.97 Å². The van der Waals surface area contributed by atoms with Crippen LogP contribution in [0.25, 0.3) is 0 Å². The van der Waals surface area contributed by atoms with Crippen LogP contribution in [-0.2, 0) is 24.0 Å². The van der Waals surface area contributed by atoms with Gasteiger partial charge in [0, 0.05) is 6.08 Å². The van der Waals surface area contributed by atoms with Crippen LogP contribution in [0.2, 0.25) is 0 Å². The fourth-order valence-electron chi connectivity index (χ4n) is 0.209. The minimum absolute atomic E-state index is 0.299. The first kappa shape index (κ1) is 9.31. The molecule has 0 aliphatic heterocycles. The maximum Gasteiger partial charge on any atom is 0.332 e. The van der Waals surface area contributed by atoms with Crippen molar-refractivity contribution in [1.82, 2.24) is 0 Å². The molecule has 0 unspecified atom stereocenters. The van der Waals surface area contributed by atoms with Gasteiger partial charge in [-0.25, -0.2) is 4.79 Å². The number of esters is 1. The molecule has 0 aliphatic rings. The summed E-state index contributed by atoms with van der Waals surface area (Å²) in [5, 5.41) is 3.98. The molecule has 0 fully saturated rings. The summed E-state index contributed by atoms with van der Waals surface area (Å²) in [6.45, 7) is 2.87. The number of hydrogen-bond acceptors (Lipinski definition) is 5. The summed E-state index contributed by atoms with van der Waals surface area (Å²) >= 11 is 0. The molecule has 0 heterocycles. The Bertz CT molecular complexity index is 114. The van der Waals surface area contributed by atoms with Crippen molar-refractivity contribution in [3.05, 3.63) is 12.7 Å². The van der Waals surface area contributed by atoms with Gasteiger partial charge in [0.15, 0.2) is 10.5 Å². The average molecular weight is 164 g/mol. The Morgan fingerprint density at radius 1 is 1.70 bits per heavy atom. The van der Waals surface area contributed by atoms with Crippen LogP contribution in [0.3, 0.4) is 0 Å². The Balaban J connectivity index is 3.03. The number of rotatable bonds is 5. The smallest absolute Gasteiger partial charge is 0.332 e. The van der Waals surface area contributed by atoms with Gasteiger partial charge < -0.3 is 4.74 Å². The minimum Gasteiger partial charge on any atom is -0.432 e. The highest BCUT2D eigenvalue weighted by molar-refractivity contribution is 5.97. The fraction of sp³-hybridized carbons (Fsp3) is 0.250. The quantitative estimate of drug-likeness (QED) is 0.0975. The molecule has 0 rings (SSSR count). The lowest BCUT2D eigenvalue weighted by Gasteiger charge is -1.99. The van der Waals surface area contributed by atoms with E-state index in [2.05, 4.69) is 25.8 Å². The third-order valence-corrected chi connectivity index (χ3v) is 0.668. The highest BCUT2D eigenvalue weighted by Gasteiger charge is 1.93. The Kier molecular flexibility index (Phi) is 5.98. The maximum absolute atomic E-state index is 10.3. The highest BCUT2D eigenvalue weighted by atomic mass is 28.2. The van der Waals surface area contributed by atoms with Crippen molar-refractivity contribution in [2.45, 2.75) is 0 Å². The molecule has 0 radical (unpaired) electrons. The van der Waals surface area contributed by atoms with Crippen LogP contribution < -0.4 is 0 Å². The van der Waals surface area contributed by atoms with Crippen LogP contribution in [0.4, 0.5) is 0 Å². The molecule has 0 aromatic carbocycles. The van der Waals surface area contributed by atoms with Gasteiger partial charge in [0.05, 0.1) is 0 Å². The van der Waals surface area contributed by atoms with E-state index in [4.69, 9.17) is 0 Å². The van der Waals surface area contributed by atoms with Gasteiger partial charge in [-0.3, -0.25) is 4.58 Å². The Hall–Kier alpha value is -0.693. The van der Waals surface area contributed by atoms with E-state index in [9.17, 15) is 4.79 Å². The molecule has 0 saturated heterocycles. The van der Waals surface area contributed by atoms with Crippen molar-refractivity contribution in [2.75, 3.05) is 6.79 Å². The average Bonchev–Trinajstić information content (AvgIpc) is 1.98. The largest absolute Gasteiger partial charge is 0.432 e. The van der Waals surface area contributed by atoms with E-state index in [1.54, 1.807) is 0 Å². The second kappa shape index (κ2) is 6.43. The first-order chi connectivity index (χ1) is 4.81. The van der Waals surface area contributed by atoms with Gasteiger partial charge >= 0.3 is 5.97 Å². The normalized spacial score (nSPS) is 9.20. The molecular weight excluding hydrogens is 156 g/mol. The highest BCUT2D eigenvalue weighted by Crippen LogP contribution is 1.81. The molecule has 0 saturated carbocycles. The van der Waals surface area contributed by atoms with E-state index in [1.807, 2.05) is 0 Å². The van der Waals surface area contributed by atoms with Crippen molar-refractivity contribution in [2.24, 2.45) is 0 Å². The molecule has 10 heavy (non-hydrogen) atoms. The number of hydrogen-bond donors (Lipinski definition) is 0. The van der Waals surface area contributed by atoms with Crippen LogP contribution in [0.1, 0.15) is 0 Å². The Labute approximate surface area is 60.9 Å². The van der Waals surface area contributed by atoms with E-state index in [1.165, 1.54) is 0 Å². The van der Waals surface area contributed by atoms with Crippen LogP contribution in [-0.4, -0.2) is 23.2 Å². The van der Waals surface area contributed by atoms with Gasteiger partial charge in [0.2, 0.25) is 6.79 Å². The molecule has 0 amide bonds. The third kappa shape index (κ3) is 5.44. The fourth-order valence-corrected chi connectivity index (χ4v) is 0.305. The van der Waals surface area contributed by atoms with Crippen LogP contribution in [0, 0.1) is 0 Å². The van der Waals surface area contributed by atoms with Crippen molar-refractivity contribution in [3.8, 4) is 0 Å². The maximum atomic E-state index is 10.3. The summed E-state index contributed by atoms with van der Waals surface area (Å²) in [4.78, 5) is 14.4. The van der Waals surface area contributed by atoms with Crippen LogP contribution >= 0.6 is 0 Å². The summed E-state index contributed by atoms with van der Waals surface area (Å²) in [5.74, 6) is -0.572. The van der Waals surface area contributed by atoms with Crippen molar-refractivity contribution in [3.63, 3.8) is 0 Å². The zero-order valence-electron chi connectivity index (χ0n) is 5.53. The molecule has 58 valence electrons. The molecule has 5 nitrogen and oxygen atoms in total. The molecule has 0 aromatic rings. The monoisotopic (exact) mass is 164 g/mol. The molecule has 0 aliphatic carbocycles. The second-order valence-electron chi connectivity index (χ2n) is 1.14. The summed E-state index contributed by atoms with van der Waals surface area (Å²) in [5.41, 5.74) is 0. The van der Waals surface area contributed by atoms with Crippen molar-refractivity contribution in [1.29, 1.82) is 0 Å². The van der Waals surface area contributed by atoms with E-state index in [-0.39, 0.29) is 6.79 Å². The lowest BCUT2D eigenvalue weighted by atomic mass is 10.7. The molecule has 0 aromatic heterocycles. The first-order valence-corrected chi connectivity index (χ1v) is 3.24. The molecule has 0 N–H and O–H groups in total. The zero-order valence-corrected chi connectivity index (χ0v) is 7.53. The number of ether oxygens (including phenoxy) is 1. The summed E-state index contributed by atoms with van der Waals surface area (Å²) in [7, 11) is 0.395. The summed E-state index contributed by atoms with van der Waals surface area (Å²) in [6, 6.07) is 0. The lowest BCUT2D eigenvalue weighted by Crippen LogP contribution is -2.05. The Morgan fingerprint density at radius 3 is 2.90 bits per heavy atom. The molecule has 6 heteroatoms. The van der Waals surface area contributed by atoms with E-state index >= 15 is 0 Å². The van der Waals surface area contributed by atoms with Gasteiger partial charge in [-0.15, -0.1) is 0 Å². The van der Waals surface area contributed by atoms with Crippen molar-refractivity contribution >= 4 is 16.5 Å². The SMILES string of the molecule is C=CC(=O)OCOOO[SiH3]. The lowest BCUT2D eigenvalue weighted by molar-refractivity contribution is -0.482. The van der Waals surface area contributed by atoms with Gasteiger partial charge in [0.1, 0.15) is 0 Å².